The van der Waals surface area contributed by atoms with Crippen molar-refractivity contribution in [2.24, 2.45) is 4.99 Å². The average Bonchev–Trinajstić information content (AvgIpc) is 3.24. The van der Waals surface area contributed by atoms with E-state index in [9.17, 15) is 5.11 Å². The highest BCUT2D eigenvalue weighted by Crippen LogP contribution is 2.38. The van der Waals surface area contributed by atoms with Crippen molar-refractivity contribution >= 4 is 5.96 Å². The highest BCUT2D eigenvalue weighted by Gasteiger charge is 2.46. The third kappa shape index (κ3) is 2.44. The largest absolute Gasteiger partial charge is 0.383 e. The number of nitrogens with zero attached hydrogens (tertiary/aromatic N) is 3. The van der Waals surface area contributed by atoms with Crippen LogP contribution in [0.5, 0.6) is 0 Å². The molecule has 5 rings (SSSR count). The summed E-state index contributed by atoms with van der Waals surface area (Å²) in [6.07, 6.45) is 1.84. The summed E-state index contributed by atoms with van der Waals surface area (Å²) in [4.78, 5) is 9.36. The predicted molar refractivity (Wildman–Crippen MR) is 99.4 cm³/mol. The molecule has 4 heteroatoms. The number of piperidine rings is 1. The van der Waals surface area contributed by atoms with E-state index in [0.29, 0.717) is 12.6 Å². The van der Waals surface area contributed by atoms with E-state index in [4.69, 9.17) is 0 Å². The molecule has 2 aromatic rings. The van der Waals surface area contributed by atoms with Gasteiger partial charge < -0.3 is 14.9 Å². The van der Waals surface area contributed by atoms with Crippen LogP contribution in [0.25, 0.3) is 11.1 Å². The van der Waals surface area contributed by atoms with Gasteiger partial charge in [0.15, 0.2) is 5.96 Å². The van der Waals surface area contributed by atoms with E-state index >= 15 is 0 Å². The molecule has 0 aliphatic carbocycles. The number of fused-ring (bicyclic) bond motifs is 3. The number of hydrogen-bond donors (Lipinski definition) is 1. The first-order chi connectivity index (χ1) is 12.2. The summed E-state index contributed by atoms with van der Waals surface area (Å²) in [5.74, 6) is 1.10. The van der Waals surface area contributed by atoms with Crippen molar-refractivity contribution in [3.63, 3.8) is 0 Å². The first-order valence-corrected chi connectivity index (χ1v) is 9.17. The van der Waals surface area contributed by atoms with Crippen LogP contribution in [0.1, 0.15) is 18.4 Å². The second-order valence-corrected chi connectivity index (χ2v) is 7.42. The molecule has 128 valence electrons. The molecule has 0 spiro atoms. The van der Waals surface area contributed by atoms with Gasteiger partial charge in [-0.05, 0) is 29.5 Å². The molecular formula is C21H23N3O. The molecule has 0 aromatic heterocycles. The van der Waals surface area contributed by atoms with Crippen molar-refractivity contribution in [2.45, 2.75) is 24.5 Å². The van der Waals surface area contributed by atoms with Gasteiger partial charge in [-0.1, -0.05) is 54.6 Å². The lowest BCUT2D eigenvalue weighted by molar-refractivity contribution is -0.0276. The third-order valence-electron chi connectivity index (χ3n) is 5.89. The number of hydrogen-bond acceptors (Lipinski definition) is 4. The highest BCUT2D eigenvalue weighted by atomic mass is 16.3. The van der Waals surface area contributed by atoms with Crippen LogP contribution in [0.2, 0.25) is 0 Å². The van der Waals surface area contributed by atoms with E-state index in [1.807, 2.05) is 6.07 Å². The molecule has 2 unspecified atom stereocenters. The van der Waals surface area contributed by atoms with Gasteiger partial charge in [0.05, 0.1) is 13.1 Å². The smallest absolute Gasteiger partial charge is 0.197 e. The van der Waals surface area contributed by atoms with Crippen LogP contribution in [0.4, 0.5) is 0 Å². The van der Waals surface area contributed by atoms with Crippen molar-refractivity contribution in [1.29, 1.82) is 0 Å². The number of benzene rings is 2. The number of rotatable bonds is 2. The van der Waals surface area contributed by atoms with Crippen LogP contribution in [0.3, 0.4) is 0 Å². The summed E-state index contributed by atoms with van der Waals surface area (Å²) in [7, 11) is 0. The maximum atomic E-state index is 11.4. The zero-order valence-electron chi connectivity index (χ0n) is 14.3. The lowest BCUT2D eigenvalue weighted by Crippen LogP contribution is -2.50. The summed E-state index contributed by atoms with van der Waals surface area (Å²) >= 11 is 0. The summed E-state index contributed by atoms with van der Waals surface area (Å²) in [6.45, 7) is 3.65. The predicted octanol–water partition coefficient (Wildman–Crippen LogP) is 2.69. The fraction of sp³-hybridized carbons (Fsp3) is 0.381. The number of guanidine groups is 1. The van der Waals surface area contributed by atoms with Gasteiger partial charge >= 0.3 is 0 Å². The fourth-order valence-corrected chi connectivity index (χ4v) is 4.48. The van der Waals surface area contributed by atoms with Crippen LogP contribution in [0.15, 0.2) is 59.6 Å². The van der Waals surface area contributed by atoms with Crippen molar-refractivity contribution in [2.75, 3.05) is 26.2 Å². The van der Waals surface area contributed by atoms with Crippen molar-refractivity contribution in [1.82, 2.24) is 9.80 Å². The maximum absolute atomic E-state index is 11.4. The van der Waals surface area contributed by atoms with Crippen molar-refractivity contribution < 1.29 is 5.11 Å². The first-order valence-electron chi connectivity index (χ1n) is 9.17. The molecule has 2 aromatic carbocycles. The zero-order valence-corrected chi connectivity index (χ0v) is 14.3. The van der Waals surface area contributed by atoms with E-state index in [1.165, 1.54) is 11.1 Å². The molecular weight excluding hydrogens is 310 g/mol. The SMILES string of the molecule is OC1(c2ccc(-c3ccccc3)cc2)CCC2CN3CCN=C3N2C1. The molecule has 4 nitrogen and oxygen atoms in total. The molecule has 1 N–H and O–H groups in total. The van der Waals surface area contributed by atoms with Gasteiger partial charge in [0.1, 0.15) is 5.60 Å². The summed E-state index contributed by atoms with van der Waals surface area (Å²) in [5, 5.41) is 11.4. The van der Waals surface area contributed by atoms with E-state index < -0.39 is 5.60 Å². The van der Waals surface area contributed by atoms with Gasteiger partial charge in [0, 0.05) is 19.1 Å². The van der Waals surface area contributed by atoms with Crippen molar-refractivity contribution in [3.05, 3.63) is 60.2 Å². The number of aliphatic hydroxyl groups is 1. The highest BCUT2D eigenvalue weighted by molar-refractivity contribution is 5.84. The van der Waals surface area contributed by atoms with Crippen LogP contribution in [-0.2, 0) is 5.60 Å². The monoisotopic (exact) mass is 333 g/mol. The second kappa shape index (κ2) is 5.60. The minimum Gasteiger partial charge on any atom is -0.383 e. The van der Waals surface area contributed by atoms with Gasteiger partial charge in [-0.25, -0.2) is 0 Å². The summed E-state index contributed by atoms with van der Waals surface area (Å²) < 4.78 is 0. The molecule has 3 aliphatic heterocycles. The Labute approximate surface area is 148 Å². The Balaban J connectivity index is 1.41. The Kier molecular flexibility index (Phi) is 3.35. The third-order valence-corrected chi connectivity index (χ3v) is 5.89. The lowest BCUT2D eigenvalue weighted by Gasteiger charge is -2.41. The van der Waals surface area contributed by atoms with Gasteiger partial charge in [-0.2, -0.15) is 0 Å². The van der Waals surface area contributed by atoms with Gasteiger partial charge in [0.2, 0.25) is 0 Å². The molecule has 2 fully saturated rings. The minimum atomic E-state index is -0.785. The normalized spacial score (nSPS) is 27.9. The Bertz CT molecular complexity index is 802. The minimum absolute atomic E-state index is 0.517. The Morgan fingerprint density at radius 2 is 1.76 bits per heavy atom. The Hall–Kier alpha value is -2.33. The van der Waals surface area contributed by atoms with Gasteiger partial charge in [0.25, 0.3) is 0 Å². The van der Waals surface area contributed by atoms with Crippen molar-refractivity contribution in [3.8, 4) is 11.1 Å². The summed E-state index contributed by atoms with van der Waals surface area (Å²) in [6, 6.07) is 19.3. The second-order valence-electron chi connectivity index (χ2n) is 7.42. The van der Waals surface area contributed by atoms with Gasteiger partial charge in [-0.3, -0.25) is 4.99 Å². The molecule has 25 heavy (non-hydrogen) atoms. The van der Waals surface area contributed by atoms with Crippen LogP contribution >= 0.6 is 0 Å². The standard InChI is InChI=1S/C21H23N3O/c25-21(11-10-19-14-23-13-12-22-20(23)24(19)15-21)18-8-6-17(7-9-18)16-4-2-1-3-5-16/h1-9,19,25H,10-15H2. The van der Waals surface area contributed by atoms with Gasteiger partial charge in [-0.15, -0.1) is 0 Å². The topological polar surface area (TPSA) is 39.1 Å². The van der Waals surface area contributed by atoms with Crippen LogP contribution in [0, 0.1) is 0 Å². The fourth-order valence-electron chi connectivity index (χ4n) is 4.48. The maximum Gasteiger partial charge on any atom is 0.197 e. The van der Waals surface area contributed by atoms with E-state index in [-0.39, 0.29) is 0 Å². The Morgan fingerprint density at radius 3 is 2.56 bits per heavy atom. The first kappa shape index (κ1) is 15.0. The molecule has 3 aliphatic rings. The molecule has 2 saturated heterocycles. The zero-order chi connectivity index (χ0) is 16.9. The van der Waals surface area contributed by atoms with E-state index in [1.54, 1.807) is 0 Å². The number of aliphatic imine (C=N–C) groups is 1. The molecule has 0 saturated carbocycles. The molecule has 3 heterocycles. The summed E-state index contributed by atoms with van der Waals surface area (Å²) in [5.41, 5.74) is 2.63. The van der Waals surface area contributed by atoms with E-state index in [2.05, 4.69) is 63.3 Å². The van der Waals surface area contributed by atoms with Crippen LogP contribution in [-0.4, -0.2) is 53.1 Å². The average molecular weight is 333 g/mol. The van der Waals surface area contributed by atoms with E-state index in [0.717, 1.165) is 44.0 Å². The Morgan fingerprint density at radius 1 is 1.00 bits per heavy atom. The lowest BCUT2D eigenvalue weighted by atomic mass is 9.83. The molecule has 0 radical (unpaired) electrons. The molecule has 0 bridgehead atoms. The van der Waals surface area contributed by atoms with Crippen LogP contribution < -0.4 is 0 Å². The molecule has 0 amide bonds. The quantitative estimate of drug-likeness (QED) is 0.918. The molecule has 2 atom stereocenters.